The van der Waals surface area contributed by atoms with Crippen LogP contribution in [0.1, 0.15) is 39.5 Å². The van der Waals surface area contributed by atoms with Gasteiger partial charge in [-0.2, -0.15) is 0 Å². The summed E-state index contributed by atoms with van der Waals surface area (Å²) in [5.74, 6) is 0. The fourth-order valence-corrected chi connectivity index (χ4v) is 2.24. The first-order chi connectivity index (χ1) is 6.39. The molecule has 1 aliphatic carbocycles. The predicted molar refractivity (Wildman–Crippen MR) is 60.9 cm³/mol. The van der Waals surface area contributed by atoms with Gasteiger partial charge in [0.15, 0.2) is 0 Å². The van der Waals surface area contributed by atoms with Gasteiger partial charge in [-0.05, 0) is 31.1 Å². The molecule has 14 heavy (non-hydrogen) atoms. The summed E-state index contributed by atoms with van der Waals surface area (Å²) in [4.78, 5) is 0. The first-order valence-electron chi connectivity index (χ1n) is 5.54. The van der Waals surface area contributed by atoms with Crippen molar-refractivity contribution in [1.29, 1.82) is 0 Å². The van der Waals surface area contributed by atoms with Crippen molar-refractivity contribution in [2.45, 2.75) is 45.1 Å². The predicted octanol–water partition coefficient (Wildman–Crippen LogP) is 1.35. The molecule has 0 unspecified atom stereocenters. The molecule has 0 radical (unpaired) electrons. The van der Waals surface area contributed by atoms with Gasteiger partial charge in [0.2, 0.25) is 0 Å². The minimum absolute atomic E-state index is 0.152. The second-order valence-electron chi connectivity index (χ2n) is 5.65. The standard InChI is InChI=1S/C11H25N3/c1-10(2)5-7-11(9-12,8-6-10)13-14(3)4/h13H,5-9,12H2,1-4H3. The molecule has 0 aromatic heterocycles. The van der Waals surface area contributed by atoms with Gasteiger partial charge in [-0.15, -0.1) is 0 Å². The molecular formula is C11H25N3. The number of hydrazine groups is 1. The maximum Gasteiger partial charge on any atom is 0.0448 e. The van der Waals surface area contributed by atoms with Crippen molar-refractivity contribution in [3.8, 4) is 0 Å². The Balaban J connectivity index is 2.57. The van der Waals surface area contributed by atoms with Crippen molar-refractivity contribution in [1.82, 2.24) is 10.4 Å². The van der Waals surface area contributed by atoms with E-state index in [1.54, 1.807) is 0 Å². The summed E-state index contributed by atoms with van der Waals surface area (Å²) in [5.41, 5.74) is 10.0. The van der Waals surface area contributed by atoms with Crippen molar-refractivity contribution in [2.75, 3.05) is 20.6 Å². The lowest BCUT2D eigenvalue weighted by Gasteiger charge is -2.44. The van der Waals surface area contributed by atoms with E-state index >= 15 is 0 Å². The number of nitrogens with zero attached hydrogens (tertiary/aromatic N) is 1. The van der Waals surface area contributed by atoms with Crippen LogP contribution in [-0.4, -0.2) is 31.2 Å². The third-order valence-corrected chi connectivity index (χ3v) is 3.41. The van der Waals surface area contributed by atoms with Gasteiger partial charge in [-0.3, -0.25) is 5.01 Å². The van der Waals surface area contributed by atoms with Crippen molar-refractivity contribution in [3.05, 3.63) is 0 Å². The molecule has 1 fully saturated rings. The highest BCUT2D eigenvalue weighted by atomic mass is 15.5. The van der Waals surface area contributed by atoms with Crippen LogP contribution in [0.2, 0.25) is 0 Å². The smallest absolute Gasteiger partial charge is 0.0448 e. The van der Waals surface area contributed by atoms with Crippen LogP contribution >= 0.6 is 0 Å². The van der Waals surface area contributed by atoms with Crippen molar-refractivity contribution < 1.29 is 0 Å². The normalized spacial score (nSPS) is 25.3. The van der Waals surface area contributed by atoms with Crippen molar-refractivity contribution in [2.24, 2.45) is 11.1 Å². The number of rotatable bonds is 3. The van der Waals surface area contributed by atoms with E-state index in [-0.39, 0.29) is 5.54 Å². The Morgan fingerprint density at radius 1 is 1.14 bits per heavy atom. The van der Waals surface area contributed by atoms with Crippen molar-refractivity contribution in [3.63, 3.8) is 0 Å². The van der Waals surface area contributed by atoms with Crippen LogP contribution in [0.25, 0.3) is 0 Å². The molecule has 0 bridgehead atoms. The van der Waals surface area contributed by atoms with Crippen LogP contribution in [0.5, 0.6) is 0 Å². The zero-order chi connectivity index (χ0) is 10.8. The van der Waals surface area contributed by atoms with E-state index in [0.29, 0.717) is 5.41 Å². The zero-order valence-corrected chi connectivity index (χ0v) is 10.1. The molecule has 1 rings (SSSR count). The van der Waals surface area contributed by atoms with Crippen LogP contribution < -0.4 is 11.2 Å². The molecule has 0 aliphatic heterocycles. The van der Waals surface area contributed by atoms with E-state index < -0.39 is 0 Å². The molecule has 0 heterocycles. The lowest BCUT2D eigenvalue weighted by atomic mass is 9.69. The fourth-order valence-electron chi connectivity index (χ4n) is 2.24. The largest absolute Gasteiger partial charge is 0.329 e. The number of hydrogen-bond acceptors (Lipinski definition) is 3. The molecule has 0 spiro atoms. The average molecular weight is 199 g/mol. The number of nitrogens with two attached hydrogens (primary N) is 1. The van der Waals surface area contributed by atoms with E-state index in [0.717, 1.165) is 6.54 Å². The van der Waals surface area contributed by atoms with Gasteiger partial charge in [0.05, 0.1) is 0 Å². The molecule has 0 amide bonds. The highest BCUT2D eigenvalue weighted by Crippen LogP contribution is 2.39. The van der Waals surface area contributed by atoms with Crippen molar-refractivity contribution >= 4 is 0 Å². The van der Waals surface area contributed by atoms with Gasteiger partial charge < -0.3 is 5.73 Å². The van der Waals surface area contributed by atoms with Crippen LogP contribution in [-0.2, 0) is 0 Å². The van der Waals surface area contributed by atoms with E-state index in [2.05, 4.69) is 19.3 Å². The lowest BCUT2D eigenvalue weighted by molar-refractivity contribution is 0.0780. The number of hydrogen-bond donors (Lipinski definition) is 2. The Hall–Kier alpha value is -0.120. The van der Waals surface area contributed by atoms with E-state index in [1.165, 1.54) is 25.7 Å². The first-order valence-corrected chi connectivity index (χ1v) is 5.54. The summed E-state index contributed by atoms with van der Waals surface area (Å²) in [5, 5.41) is 2.03. The molecule has 3 nitrogen and oxygen atoms in total. The molecule has 3 N–H and O–H groups in total. The maximum absolute atomic E-state index is 5.89. The maximum atomic E-state index is 5.89. The molecule has 84 valence electrons. The Labute approximate surface area is 88.0 Å². The molecule has 1 saturated carbocycles. The van der Waals surface area contributed by atoms with Crippen LogP contribution in [0, 0.1) is 5.41 Å². The molecule has 0 aromatic rings. The number of nitrogens with one attached hydrogen (secondary N) is 1. The second kappa shape index (κ2) is 4.17. The Morgan fingerprint density at radius 2 is 1.64 bits per heavy atom. The van der Waals surface area contributed by atoms with Gasteiger partial charge in [0.1, 0.15) is 0 Å². The van der Waals surface area contributed by atoms with Crippen LogP contribution in [0.3, 0.4) is 0 Å². The van der Waals surface area contributed by atoms with Gasteiger partial charge in [-0.1, -0.05) is 13.8 Å². The molecule has 1 aliphatic rings. The summed E-state index contributed by atoms with van der Waals surface area (Å²) >= 11 is 0. The summed E-state index contributed by atoms with van der Waals surface area (Å²) < 4.78 is 0. The van der Waals surface area contributed by atoms with Gasteiger partial charge in [-0.25, -0.2) is 5.43 Å². The monoisotopic (exact) mass is 199 g/mol. The van der Waals surface area contributed by atoms with Gasteiger partial charge >= 0.3 is 0 Å². The SMILES string of the molecule is CN(C)NC1(CN)CCC(C)(C)CC1. The summed E-state index contributed by atoms with van der Waals surface area (Å²) in [6, 6.07) is 0. The Bertz CT molecular complexity index is 177. The zero-order valence-electron chi connectivity index (χ0n) is 10.1. The lowest BCUT2D eigenvalue weighted by Crippen LogP contribution is -2.58. The van der Waals surface area contributed by atoms with E-state index in [4.69, 9.17) is 5.73 Å². The third-order valence-electron chi connectivity index (χ3n) is 3.41. The average Bonchev–Trinajstić information content (AvgIpc) is 2.09. The molecule has 0 aromatic carbocycles. The molecule has 0 atom stereocenters. The molecule has 3 heteroatoms. The van der Waals surface area contributed by atoms with E-state index in [9.17, 15) is 0 Å². The quantitative estimate of drug-likeness (QED) is 0.674. The summed E-state index contributed by atoms with van der Waals surface area (Å²) in [6.07, 6.45) is 4.92. The van der Waals surface area contributed by atoms with Gasteiger partial charge in [0.25, 0.3) is 0 Å². The summed E-state index contributed by atoms with van der Waals surface area (Å²) in [6.45, 7) is 5.44. The summed E-state index contributed by atoms with van der Waals surface area (Å²) in [7, 11) is 4.08. The highest BCUT2D eigenvalue weighted by Gasteiger charge is 2.37. The van der Waals surface area contributed by atoms with Crippen LogP contribution in [0.4, 0.5) is 0 Å². The van der Waals surface area contributed by atoms with E-state index in [1.807, 2.05) is 19.1 Å². The minimum Gasteiger partial charge on any atom is -0.329 e. The van der Waals surface area contributed by atoms with Crippen LogP contribution in [0.15, 0.2) is 0 Å². The topological polar surface area (TPSA) is 41.3 Å². The van der Waals surface area contributed by atoms with Gasteiger partial charge in [0, 0.05) is 26.2 Å². The first kappa shape index (κ1) is 12.0. The fraction of sp³-hybridized carbons (Fsp3) is 1.00. The minimum atomic E-state index is 0.152. The third kappa shape index (κ3) is 2.94. The Morgan fingerprint density at radius 3 is 2.00 bits per heavy atom. The Kier molecular flexibility index (Phi) is 3.56. The second-order valence-corrected chi connectivity index (χ2v) is 5.65. The highest BCUT2D eigenvalue weighted by molar-refractivity contribution is 4.95. The molecular weight excluding hydrogens is 174 g/mol. The molecule has 0 saturated heterocycles.